The number of ether oxygens (including phenoxy) is 1. The third-order valence-corrected chi connectivity index (χ3v) is 5.60. The normalized spacial score (nSPS) is 18.6. The van der Waals surface area contributed by atoms with Gasteiger partial charge in [0.1, 0.15) is 12.1 Å². The quantitative estimate of drug-likeness (QED) is 0.481. The van der Waals surface area contributed by atoms with E-state index in [1.54, 1.807) is 12.1 Å². The highest BCUT2D eigenvalue weighted by atomic mass is 16.5. The fourth-order valence-electron chi connectivity index (χ4n) is 3.78. The number of amides is 5. The van der Waals surface area contributed by atoms with Crippen LogP contribution in [0.5, 0.6) is 0 Å². The number of hydrogen-bond acceptors (Lipinski definition) is 8. The molecule has 1 aromatic carbocycles. The van der Waals surface area contributed by atoms with Crippen LogP contribution in [0.3, 0.4) is 0 Å². The number of carbonyl (C=O) groups is 6. The van der Waals surface area contributed by atoms with E-state index in [1.165, 1.54) is 43.6 Å². The van der Waals surface area contributed by atoms with Gasteiger partial charge in [0.25, 0.3) is 23.6 Å². The zero-order valence-corrected chi connectivity index (χ0v) is 18.1. The van der Waals surface area contributed by atoms with Gasteiger partial charge in [-0.1, -0.05) is 12.1 Å². The number of piperidine rings is 1. The number of carbonyl (C=O) groups excluding carboxylic acids is 6. The molecule has 174 valence electrons. The standard InChI is InChI=1S/C23H20N4O7/c1-13(25-19(29)14-8-10-24-11-9-14)23(33)34-12-26-18(28)7-6-17(22(26)32)27-20(30)15-4-2-3-5-16(15)21(27)31/h2-5,8-11,13,17H,6-7,12H2,1H3,(H,25,29)/t13?,17-/m0/s1. The Morgan fingerprint density at radius 3 is 2.29 bits per heavy atom. The fraction of sp³-hybridized carbons (Fsp3) is 0.261. The highest BCUT2D eigenvalue weighted by Crippen LogP contribution is 2.29. The first-order valence-corrected chi connectivity index (χ1v) is 10.5. The zero-order chi connectivity index (χ0) is 24.4. The van der Waals surface area contributed by atoms with Crippen molar-refractivity contribution in [1.29, 1.82) is 0 Å². The van der Waals surface area contributed by atoms with Crippen LogP contribution >= 0.6 is 0 Å². The summed E-state index contributed by atoms with van der Waals surface area (Å²) in [5.74, 6) is -4.03. The largest absolute Gasteiger partial charge is 0.442 e. The lowest BCUT2D eigenvalue weighted by Crippen LogP contribution is -2.56. The molecule has 0 radical (unpaired) electrons. The number of esters is 1. The summed E-state index contributed by atoms with van der Waals surface area (Å²) < 4.78 is 5.08. The minimum Gasteiger partial charge on any atom is -0.442 e. The van der Waals surface area contributed by atoms with Crippen molar-refractivity contribution in [2.75, 3.05) is 6.73 Å². The molecule has 2 aromatic rings. The molecule has 1 fully saturated rings. The smallest absolute Gasteiger partial charge is 0.330 e. The molecular formula is C23H20N4O7. The number of nitrogens with zero attached hydrogens (tertiary/aromatic N) is 3. The molecule has 3 heterocycles. The molecule has 1 unspecified atom stereocenters. The van der Waals surface area contributed by atoms with Gasteiger partial charge in [-0.25, -0.2) is 9.69 Å². The summed E-state index contributed by atoms with van der Waals surface area (Å²) >= 11 is 0. The van der Waals surface area contributed by atoms with E-state index in [4.69, 9.17) is 4.74 Å². The lowest BCUT2D eigenvalue weighted by molar-refractivity contribution is -0.164. The van der Waals surface area contributed by atoms with E-state index >= 15 is 0 Å². The number of imide groups is 2. The number of likely N-dealkylation sites (tertiary alicyclic amines) is 1. The molecule has 0 spiro atoms. The summed E-state index contributed by atoms with van der Waals surface area (Å²) in [5.41, 5.74) is 0.669. The molecule has 11 heteroatoms. The Morgan fingerprint density at radius 1 is 1.06 bits per heavy atom. The molecule has 2 atom stereocenters. The van der Waals surface area contributed by atoms with E-state index in [9.17, 15) is 28.8 Å². The Bertz CT molecular complexity index is 1160. The summed E-state index contributed by atoms with van der Waals surface area (Å²) in [5, 5.41) is 2.45. The van der Waals surface area contributed by atoms with Gasteiger partial charge in [-0.2, -0.15) is 0 Å². The molecule has 1 saturated heterocycles. The molecule has 2 aliphatic rings. The maximum absolute atomic E-state index is 13.0. The van der Waals surface area contributed by atoms with E-state index in [0.29, 0.717) is 10.5 Å². The number of benzene rings is 1. The molecule has 0 saturated carbocycles. The van der Waals surface area contributed by atoms with E-state index in [1.807, 2.05) is 0 Å². The highest BCUT2D eigenvalue weighted by Gasteiger charge is 2.47. The third kappa shape index (κ3) is 4.15. The minimum atomic E-state index is -1.19. The number of aromatic nitrogens is 1. The van der Waals surface area contributed by atoms with Crippen molar-refractivity contribution in [3.05, 3.63) is 65.5 Å². The van der Waals surface area contributed by atoms with Crippen molar-refractivity contribution in [2.24, 2.45) is 0 Å². The van der Waals surface area contributed by atoms with E-state index in [-0.39, 0.29) is 24.0 Å². The molecule has 1 aromatic heterocycles. The van der Waals surface area contributed by atoms with Crippen molar-refractivity contribution in [3.63, 3.8) is 0 Å². The average Bonchev–Trinajstić information content (AvgIpc) is 3.09. The predicted molar refractivity (Wildman–Crippen MR) is 114 cm³/mol. The highest BCUT2D eigenvalue weighted by molar-refractivity contribution is 6.23. The summed E-state index contributed by atoms with van der Waals surface area (Å²) in [7, 11) is 0. The van der Waals surface area contributed by atoms with E-state index in [2.05, 4.69) is 10.3 Å². The second kappa shape index (κ2) is 9.22. The first-order valence-electron chi connectivity index (χ1n) is 10.5. The monoisotopic (exact) mass is 464 g/mol. The molecule has 5 amide bonds. The molecule has 1 N–H and O–H groups in total. The van der Waals surface area contributed by atoms with Crippen LogP contribution in [-0.2, 0) is 19.1 Å². The van der Waals surface area contributed by atoms with Crippen molar-refractivity contribution >= 4 is 35.5 Å². The first kappa shape index (κ1) is 22.8. The van der Waals surface area contributed by atoms with Crippen molar-refractivity contribution in [2.45, 2.75) is 31.8 Å². The van der Waals surface area contributed by atoms with Gasteiger partial charge >= 0.3 is 5.97 Å². The molecule has 4 rings (SSSR count). The maximum Gasteiger partial charge on any atom is 0.330 e. The summed E-state index contributed by atoms with van der Waals surface area (Å²) in [4.78, 5) is 80.7. The first-order chi connectivity index (χ1) is 16.3. The Labute approximate surface area is 193 Å². The Hall–Kier alpha value is -4.41. The summed E-state index contributed by atoms with van der Waals surface area (Å²) in [6.07, 6.45) is 2.72. The number of fused-ring (bicyclic) bond motifs is 1. The Morgan fingerprint density at radius 2 is 1.68 bits per heavy atom. The topological polar surface area (TPSA) is 143 Å². The van der Waals surface area contributed by atoms with Gasteiger partial charge < -0.3 is 10.1 Å². The molecule has 0 aliphatic carbocycles. The van der Waals surface area contributed by atoms with Crippen molar-refractivity contribution in [1.82, 2.24) is 20.1 Å². The number of pyridine rings is 1. The summed E-state index contributed by atoms with van der Waals surface area (Å²) in [6.45, 7) is 0.689. The third-order valence-electron chi connectivity index (χ3n) is 5.60. The van der Waals surface area contributed by atoms with Gasteiger partial charge in [0.15, 0.2) is 6.73 Å². The minimum absolute atomic E-state index is 0.0219. The molecular weight excluding hydrogens is 444 g/mol. The molecule has 34 heavy (non-hydrogen) atoms. The maximum atomic E-state index is 13.0. The van der Waals surface area contributed by atoms with Crippen LogP contribution in [0, 0.1) is 0 Å². The summed E-state index contributed by atoms with van der Waals surface area (Å²) in [6, 6.07) is 6.90. The van der Waals surface area contributed by atoms with Gasteiger partial charge in [-0.05, 0) is 37.6 Å². The number of rotatable bonds is 6. The van der Waals surface area contributed by atoms with Crippen molar-refractivity contribution < 1.29 is 33.5 Å². The van der Waals surface area contributed by atoms with Gasteiger partial charge in [0, 0.05) is 24.4 Å². The van der Waals surface area contributed by atoms with Gasteiger partial charge in [0.2, 0.25) is 5.91 Å². The second-order valence-corrected chi connectivity index (χ2v) is 7.76. The molecule has 11 nitrogen and oxygen atoms in total. The van der Waals surface area contributed by atoms with Gasteiger partial charge in [-0.3, -0.25) is 33.9 Å². The van der Waals surface area contributed by atoms with Crippen molar-refractivity contribution in [3.8, 4) is 0 Å². The van der Waals surface area contributed by atoms with Crippen LogP contribution in [0.1, 0.15) is 50.8 Å². The SMILES string of the molecule is CC(NC(=O)c1ccncc1)C(=O)OCN1C(=O)CC[C@H](N2C(=O)c3ccccc3C2=O)C1=O. The Balaban J connectivity index is 1.39. The predicted octanol–water partition coefficient (Wildman–Crippen LogP) is 0.514. The van der Waals surface area contributed by atoms with Crippen LogP contribution in [0.4, 0.5) is 0 Å². The molecule has 0 bridgehead atoms. The zero-order valence-electron chi connectivity index (χ0n) is 18.1. The number of nitrogens with one attached hydrogen (secondary N) is 1. The van der Waals surface area contributed by atoms with Gasteiger partial charge in [-0.15, -0.1) is 0 Å². The van der Waals surface area contributed by atoms with Crippen LogP contribution in [0.25, 0.3) is 0 Å². The fourth-order valence-corrected chi connectivity index (χ4v) is 3.78. The molecule has 2 aliphatic heterocycles. The van der Waals surface area contributed by atoms with E-state index < -0.39 is 54.3 Å². The Kier molecular flexibility index (Phi) is 6.17. The average molecular weight is 464 g/mol. The number of hydrogen-bond donors (Lipinski definition) is 1. The lowest BCUT2D eigenvalue weighted by Gasteiger charge is -2.34. The van der Waals surface area contributed by atoms with Crippen LogP contribution in [0.2, 0.25) is 0 Å². The van der Waals surface area contributed by atoms with Crippen LogP contribution < -0.4 is 5.32 Å². The van der Waals surface area contributed by atoms with E-state index in [0.717, 1.165) is 4.90 Å². The van der Waals surface area contributed by atoms with Crippen LogP contribution in [0.15, 0.2) is 48.8 Å². The van der Waals surface area contributed by atoms with Gasteiger partial charge in [0.05, 0.1) is 11.1 Å². The lowest BCUT2D eigenvalue weighted by atomic mass is 10.0. The van der Waals surface area contributed by atoms with Crippen LogP contribution in [-0.4, -0.2) is 69.1 Å². The second-order valence-electron chi connectivity index (χ2n) is 7.76.